The monoisotopic (exact) mass is 265 g/mol. The van der Waals surface area contributed by atoms with Crippen LogP contribution in [0, 0.1) is 0 Å². The summed E-state index contributed by atoms with van der Waals surface area (Å²) in [4.78, 5) is 30.5. The predicted molar refractivity (Wildman–Crippen MR) is 69.2 cm³/mol. The first-order valence-corrected chi connectivity index (χ1v) is 6.49. The van der Waals surface area contributed by atoms with E-state index in [0.717, 1.165) is 17.8 Å². The molecule has 0 spiro atoms. The molecule has 0 bridgehead atoms. The van der Waals surface area contributed by atoms with Crippen LogP contribution in [0.5, 0.6) is 0 Å². The summed E-state index contributed by atoms with van der Waals surface area (Å²) in [6, 6.07) is -0.324. The first-order valence-electron chi connectivity index (χ1n) is 6.49. The molecule has 4 N–H and O–H groups in total. The Morgan fingerprint density at radius 1 is 1.47 bits per heavy atom. The number of aromatic amines is 1. The number of aromatic nitrogens is 2. The average molecular weight is 265 g/mol. The number of fused-ring (bicyclic) bond motifs is 1. The van der Waals surface area contributed by atoms with Gasteiger partial charge in [0.15, 0.2) is 0 Å². The molecular formula is C12H19N5O2. The zero-order valence-electron chi connectivity index (χ0n) is 11.0. The van der Waals surface area contributed by atoms with Crippen LogP contribution in [0.1, 0.15) is 24.7 Å². The number of hydrogen-bond donors (Lipinski definition) is 4. The van der Waals surface area contributed by atoms with E-state index >= 15 is 0 Å². The fourth-order valence-electron chi connectivity index (χ4n) is 1.97. The standard InChI is InChI=1S/C12H19N5O2/c1-2-3-13-11(18)6-15-12(19)9-4-8-10(5-14-9)17-7-16-8/h7,9,14H,2-6H2,1H3,(H,13,18)(H,15,19)(H,16,17). The largest absolute Gasteiger partial charge is 0.355 e. The third kappa shape index (κ3) is 3.54. The molecule has 19 heavy (non-hydrogen) atoms. The molecule has 1 aliphatic rings. The van der Waals surface area contributed by atoms with E-state index < -0.39 is 0 Å². The highest BCUT2D eigenvalue weighted by Crippen LogP contribution is 2.11. The summed E-state index contributed by atoms with van der Waals surface area (Å²) in [5.74, 6) is -0.327. The summed E-state index contributed by atoms with van der Waals surface area (Å²) in [6.45, 7) is 3.22. The zero-order valence-corrected chi connectivity index (χ0v) is 11.0. The Balaban J connectivity index is 1.77. The number of carbonyl (C=O) groups is 2. The molecule has 0 radical (unpaired) electrons. The normalized spacial score (nSPS) is 17.6. The lowest BCUT2D eigenvalue weighted by molar-refractivity contribution is -0.127. The van der Waals surface area contributed by atoms with Crippen molar-refractivity contribution in [1.82, 2.24) is 25.9 Å². The Morgan fingerprint density at radius 3 is 3.11 bits per heavy atom. The van der Waals surface area contributed by atoms with Gasteiger partial charge in [-0.2, -0.15) is 0 Å². The summed E-state index contributed by atoms with van der Waals surface area (Å²) in [5, 5.41) is 8.46. The summed E-state index contributed by atoms with van der Waals surface area (Å²) >= 11 is 0. The maximum Gasteiger partial charge on any atom is 0.239 e. The molecule has 0 aliphatic carbocycles. The Bertz CT molecular complexity index is 457. The van der Waals surface area contributed by atoms with Crippen LogP contribution >= 0.6 is 0 Å². The van der Waals surface area contributed by atoms with E-state index in [1.165, 1.54) is 0 Å². The van der Waals surface area contributed by atoms with Gasteiger partial charge in [-0.15, -0.1) is 0 Å². The van der Waals surface area contributed by atoms with Gasteiger partial charge in [0, 0.05) is 19.5 Å². The van der Waals surface area contributed by atoms with Crippen LogP contribution in [0.15, 0.2) is 6.33 Å². The van der Waals surface area contributed by atoms with E-state index in [2.05, 4.69) is 25.9 Å². The molecule has 104 valence electrons. The minimum absolute atomic E-state index is 0.0183. The summed E-state index contributed by atoms with van der Waals surface area (Å²) < 4.78 is 0. The fraction of sp³-hybridized carbons (Fsp3) is 0.583. The first-order chi connectivity index (χ1) is 9.20. The minimum atomic E-state index is -0.324. The first kappa shape index (κ1) is 13.5. The van der Waals surface area contributed by atoms with Crippen LogP contribution in [0.2, 0.25) is 0 Å². The number of carbonyl (C=O) groups excluding carboxylic acids is 2. The second-order valence-corrected chi connectivity index (χ2v) is 4.53. The molecule has 0 saturated carbocycles. The molecule has 1 aromatic rings. The Morgan fingerprint density at radius 2 is 2.32 bits per heavy atom. The van der Waals surface area contributed by atoms with Crippen molar-refractivity contribution in [3.8, 4) is 0 Å². The van der Waals surface area contributed by atoms with Crippen molar-refractivity contribution < 1.29 is 9.59 Å². The molecule has 0 saturated heterocycles. The van der Waals surface area contributed by atoms with Gasteiger partial charge in [0.25, 0.3) is 0 Å². The molecule has 7 heteroatoms. The van der Waals surface area contributed by atoms with Gasteiger partial charge in [0.1, 0.15) is 0 Å². The third-order valence-electron chi connectivity index (χ3n) is 3.04. The molecule has 7 nitrogen and oxygen atoms in total. The second-order valence-electron chi connectivity index (χ2n) is 4.53. The van der Waals surface area contributed by atoms with Gasteiger partial charge in [0.2, 0.25) is 11.8 Å². The highest BCUT2D eigenvalue weighted by Gasteiger charge is 2.25. The van der Waals surface area contributed by atoms with Gasteiger partial charge < -0.3 is 15.6 Å². The smallest absolute Gasteiger partial charge is 0.239 e. The number of imidazole rings is 1. The Kier molecular flexibility index (Phi) is 4.51. The number of hydrogen-bond acceptors (Lipinski definition) is 4. The molecular weight excluding hydrogens is 246 g/mol. The van der Waals surface area contributed by atoms with Gasteiger partial charge in [0.05, 0.1) is 30.3 Å². The van der Waals surface area contributed by atoms with E-state index in [4.69, 9.17) is 0 Å². The van der Waals surface area contributed by atoms with Crippen LogP contribution in [0.25, 0.3) is 0 Å². The highest BCUT2D eigenvalue weighted by molar-refractivity contribution is 5.87. The minimum Gasteiger partial charge on any atom is -0.355 e. The average Bonchev–Trinajstić information content (AvgIpc) is 2.89. The van der Waals surface area contributed by atoms with Crippen molar-refractivity contribution in [2.24, 2.45) is 0 Å². The second kappa shape index (κ2) is 6.33. The number of rotatable bonds is 5. The van der Waals surface area contributed by atoms with E-state index in [9.17, 15) is 9.59 Å². The maximum atomic E-state index is 11.9. The van der Waals surface area contributed by atoms with Crippen molar-refractivity contribution in [2.45, 2.75) is 32.4 Å². The quantitative estimate of drug-likeness (QED) is 0.552. The maximum absolute atomic E-state index is 11.9. The lowest BCUT2D eigenvalue weighted by Gasteiger charge is -2.22. The number of amides is 2. The Labute approximate surface area is 111 Å². The molecule has 1 unspecified atom stereocenters. The van der Waals surface area contributed by atoms with Gasteiger partial charge in [-0.1, -0.05) is 6.92 Å². The van der Waals surface area contributed by atoms with Gasteiger partial charge in [-0.05, 0) is 6.42 Å². The lowest BCUT2D eigenvalue weighted by Crippen LogP contribution is -2.49. The molecule has 1 aromatic heterocycles. The SMILES string of the molecule is CCCNC(=O)CNC(=O)C1Cc2nc[nH]c2CN1. The zero-order chi connectivity index (χ0) is 13.7. The van der Waals surface area contributed by atoms with E-state index in [1.807, 2.05) is 6.92 Å². The van der Waals surface area contributed by atoms with Crippen LogP contribution in [0.3, 0.4) is 0 Å². The third-order valence-corrected chi connectivity index (χ3v) is 3.04. The van der Waals surface area contributed by atoms with Gasteiger partial charge >= 0.3 is 0 Å². The van der Waals surface area contributed by atoms with Gasteiger partial charge in [-0.3, -0.25) is 14.9 Å². The summed E-state index contributed by atoms with van der Waals surface area (Å²) in [5.41, 5.74) is 1.93. The summed E-state index contributed by atoms with van der Waals surface area (Å²) in [7, 11) is 0. The van der Waals surface area contributed by atoms with E-state index in [0.29, 0.717) is 19.5 Å². The number of nitrogens with one attached hydrogen (secondary N) is 4. The molecule has 1 aliphatic heterocycles. The van der Waals surface area contributed by atoms with Crippen molar-refractivity contribution in [1.29, 1.82) is 0 Å². The Hall–Kier alpha value is -1.89. The number of H-pyrrole nitrogens is 1. The topological polar surface area (TPSA) is 98.9 Å². The molecule has 0 fully saturated rings. The molecule has 2 amide bonds. The highest BCUT2D eigenvalue weighted by atomic mass is 16.2. The van der Waals surface area contributed by atoms with Crippen LogP contribution < -0.4 is 16.0 Å². The van der Waals surface area contributed by atoms with Crippen LogP contribution in [-0.2, 0) is 22.6 Å². The van der Waals surface area contributed by atoms with Crippen molar-refractivity contribution in [2.75, 3.05) is 13.1 Å². The molecule has 2 heterocycles. The van der Waals surface area contributed by atoms with E-state index in [-0.39, 0.29) is 24.4 Å². The summed E-state index contributed by atoms with van der Waals surface area (Å²) in [6.07, 6.45) is 3.05. The predicted octanol–water partition coefficient (Wildman–Crippen LogP) is -0.934. The van der Waals surface area contributed by atoms with Crippen molar-refractivity contribution in [3.63, 3.8) is 0 Å². The number of nitrogens with zero attached hydrogens (tertiary/aromatic N) is 1. The molecule has 1 atom stereocenters. The molecule has 0 aromatic carbocycles. The van der Waals surface area contributed by atoms with Gasteiger partial charge in [-0.25, -0.2) is 4.98 Å². The fourth-order valence-corrected chi connectivity index (χ4v) is 1.97. The lowest BCUT2D eigenvalue weighted by atomic mass is 10.0. The molecule has 2 rings (SSSR count). The van der Waals surface area contributed by atoms with E-state index in [1.54, 1.807) is 6.33 Å². The van der Waals surface area contributed by atoms with Crippen LogP contribution in [-0.4, -0.2) is 40.9 Å². The van der Waals surface area contributed by atoms with Crippen LogP contribution in [0.4, 0.5) is 0 Å². The van der Waals surface area contributed by atoms with Crippen molar-refractivity contribution in [3.05, 3.63) is 17.7 Å². The van der Waals surface area contributed by atoms with Crippen molar-refractivity contribution >= 4 is 11.8 Å².